The van der Waals surface area contributed by atoms with Crippen molar-refractivity contribution in [2.75, 3.05) is 32.6 Å². The van der Waals surface area contributed by atoms with Crippen molar-refractivity contribution in [2.45, 2.75) is 19.3 Å². The smallest absolute Gasteiger partial charge is 0.340 e. The fourth-order valence-electron chi connectivity index (χ4n) is 3.94. The van der Waals surface area contributed by atoms with Gasteiger partial charge in [-0.05, 0) is 43.5 Å². The highest BCUT2D eigenvalue weighted by Crippen LogP contribution is 2.36. The number of aromatic amines is 1. The van der Waals surface area contributed by atoms with Gasteiger partial charge in [-0.25, -0.2) is 9.78 Å². The van der Waals surface area contributed by atoms with Gasteiger partial charge in [-0.2, -0.15) is 0 Å². The number of anilines is 1. The summed E-state index contributed by atoms with van der Waals surface area (Å²) in [4.78, 5) is 46.7. The molecule has 2 N–H and O–H groups in total. The van der Waals surface area contributed by atoms with E-state index in [4.69, 9.17) is 9.47 Å². The number of ether oxygens (including phenoxy) is 2. The van der Waals surface area contributed by atoms with E-state index in [2.05, 4.69) is 15.3 Å². The number of nitrogens with one attached hydrogen (secondary N) is 2. The lowest BCUT2D eigenvalue weighted by molar-refractivity contribution is -0.117. The van der Waals surface area contributed by atoms with Crippen LogP contribution in [0.3, 0.4) is 0 Å². The number of aromatic nitrogens is 2. The maximum absolute atomic E-state index is 12.6. The molecule has 2 fully saturated rings. The third kappa shape index (κ3) is 3.79. The Morgan fingerprint density at radius 2 is 1.94 bits per heavy atom. The lowest BCUT2D eigenvalue weighted by Gasteiger charge is -2.31. The van der Waals surface area contributed by atoms with Crippen LogP contribution in [0.25, 0.3) is 22.2 Å². The maximum Gasteiger partial charge on any atom is 0.340 e. The monoisotopic (exact) mass is 448 g/mol. The molecule has 0 bridgehead atoms. The van der Waals surface area contributed by atoms with E-state index in [1.54, 1.807) is 30.2 Å². The van der Waals surface area contributed by atoms with Crippen LogP contribution in [0.1, 0.15) is 40.0 Å². The molecule has 1 saturated carbocycles. The molecule has 2 aliphatic rings. The third-order valence-electron chi connectivity index (χ3n) is 6.14. The normalized spacial score (nSPS) is 15.2. The van der Waals surface area contributed by atoms with Crippen molar-refractivity contribution in [3.05, 3.63) is 41.6 Å². The van der Waals surface area contributed by atoms with Crippen molar-refractivity contribution in [1.29, 1.82) is 0 Å². The van der Waals surface area contributed by atoms with Gasteiger partial charge in [0.05, 0.1) is 31.0 Å². The van der Waals surface area contributed by atoms with Gasteiger partial charge in [-0.15, -0.1) is 0 Å². The summed E-state index contributed by atoms with van der Waals surface area (Å²) in [6.45, 7) is 1.53. The van der Waals surface area contributed by atoms with Gasteiger partial charge in [0.25, 0.3) is 5.91 Å². The third-order valence-corrected chi connectivity index (χ3v) is 6.14. The minimum absolute atomic E-state index is 0.00755. The summed E-state index contributed by atoms with van der Waals surface area (Å²) in [5, 5.41) is 3.43. The van der Waals surface area contributed by atoms with Crippen LogP contribution >= 0.6 is 0 Å². The van der Waals surface area contributed by atoms with Crippen LogP contribution in [0, 0.1) is 5.92 Å². The zero-order chi connectivity index (χ0) is 23.1. The molecule has 170 valence electrons. The molecule has 5 rings (SSSR count). The fraction of sp³-hybridized carbons (Fsp3) is 0.333. The second kappa shape index (κ2) is 8.23. The zero-order valence-corrected chi connectivity index (χ0v) is 18.4. The first-order valence-electron chi connectivity index (χ1n) is 10.9. The molecule has 1 aliphatic heterocycles. The number of hydrogen-bond acceptors (Lipinski definition) is 6. The van der Waals surface area contributed by atoms with E-state index in [0.29, 0.717) is 39.3 Å². The molecule has 2 aromatic heterocycles. The average Bonchev–Trinajstić information content (AvgIpc) is 3.55. The van der Waals surface area contributed by atoms with Crippen LogP contribution in [0.5, 0.6) is 5.75 Å². The zero-order valence-electron chi connectivity index (χ0n) is 18.4. The summed E-state index contributed by atoms with van der Waals surface area (Å²) < 4.78 is 10.5. The van der Waals surface area contributed by atoms with E-state index in [-0.39, 0.29) is 23.3 Å². The van der Waals surface area contributed by atoms with E-state index in [9.17, 15) is 14.4 Å². The molecule has 3 heterocycles. The Morgan fingerprint density at radius 1 is 1.15 bits per heavy atom. The molecule has 1 saturated heterocycles. The van der Waals surface area contributed by atoms with Crippen molar-refractivity contribution in [3.63, 3.8) is 0 Å². The molecule has 33 heavy (non-hydrogen) atoms. The first-order valence-corrected chi connectivity index (χ1v) is 10.9. The van der Waals surface area contributed by atoms with Gasteiger partial charge in [0, 0.05) is 41.7 Å². The van der Waals surface area contributed by atoms with Gasteiger partial charge in [0.15, 0.2) is 5.82 Å². The van der Waals surface area contributed by atoms with E-state index in [1.807, 2.05) is 6.07 Å². The highest BCUT2D eigenvalue weighted by atomic mass is 16.5. The number of amides is 2. The predicted octanol–water partition coefficient (Wildman–Crippen LogP) is 3.22. The van der Waals surface area contributed by atoms with Gasteiger partial charge in [0.1, 0.15) is 5.75 Å². The SMILES string of the molecule is COC(=O)c1cnc(NC(=O)C2CC2)c2[nH]c(-c3ccc(C(=O)N4CCC4)cc3OC)cc12. The number of esters is 1. The number of rotatable bonds is 6. The van der Waals surface area contributed by atoms with Gasteiger partial charge in [-0.1, -0.05) is 0 Å². The molecule has 9 nitrogen and oxygen atoms in total. The maximum atomic E-state index is 12.6. The molecule has 2 amide bonds. The van der Waals surface area contributed by atoms with Crippen molar-refractivity contribution in [1.82, 2.24) is 14.9 Å². The van der Waals surface area contributed by atoms with Crippen molar-refractivity contribution in [2.24, 2.45) is 5.92 Å². The number of methoxy groups -OCH3 is 2. The van der Waals surface area contributed by atoms with E-state index in [1.165, 1.54) is 13.3 Å². The van der Waals surface area contributed by atoms with Crippen molar-refractivity contribution >= 4 is 34.5 Å². The fourth-order valence-corrected chi connectivity index (χ4v) is 3.94. The van der Waals surface area contributed by atoms with Crippen LogP contribution in [0.4, 0.5) is 5.82 Å². The Morgan fingerprint density at radius 3 is 2.58 bits per heavy atom. The van der Waals surface area contributed by atoms with E-state index in [0.717, 1.165) is 32.4 Å². The number of nitrogens with zero attached hydrogens (tertiary/aromatic N) is 2. The Hall–Kier alpha value is -3.88. The van der Waals surface area contributed by atoms with Gasteiger partial charge in [-0.3, -0.25) is 9.59 Å². The number of hydrogen-bond donors (Lipinski definition) is 2. The summed E-state index contributed by atoms with van der Waals surface area (Å²) in [5.74, 6) is 0.240. The summed E-state index contributed by atoms with van der Waals surface area (Å²) in [6.07, 6.45) is 4.16. The standard InChI is InChI=1S/C24H24N4O5/c1-32-19-10-14(23(30)28-8-3-9-28)6-7-15(19)18-11-16-17(24(31)33-2)12-25-21(20(16)26-18)27-22(29)13-4-5-13/h6-7,10-13,26H,3-5,8-9H2,1-2H3,(H,25,27,29). The number of benzene rings is 1. The molecular weight excluding hydrogens is 424 g/mol. The molecule has 0 radical (unpaired) electrons. The Bertz CT molecular complexity index is 1270. The lowest BCUT2D eigenvalue weighted by Crippen LogP contribution is -2.42. The van der Waals surface area contributed by atoms with Crippen LogP contribution in [-0.4, -0.2) is 60.0 Å². The molecule has 1 aromatic carbocycles. The highest BCUT2D eigenvalue weighted by Gasteiger charge is 2.31. The molecule has 0 spiro atoms. The average molecular weight is 448 g/mol. The number of carbonyl (C=O) groups is 3. The number of pyridine rings is 1. The van der Waals surface area contributed by atoms with E-state index < -0.39 is 5.97 Å². The largest absolute Gasteiger partial charge is 0.496 e. The second-order valence-corrected chi connectivity index (χ2v) is 8.31. The number of fused-ring (bicyclic) bond motifs is 1. The first-order chi connectivity index (χ1) is 16.0. The summed E-state index contributed by atoms with van der Waals surface area (Å²) >= 11 is 0. The number of H-pyrrole nitrogens is 1. The van der Waals surface area contributed by atoms with E-state index >= 15 is 0 Å². The van der Waals surface area contributed by atoms with Crippen LogP contribution in [0.15, 0.2) is 30.5 Å². The quantitative estimate of drug-likeness (QED) is 0.560. The number of carbonyl (C=O) groups excluding carboxylic acids is 3. The Kier molecular flexibility index (Phi) is 5.24. The van der Waals surface area contributed by atoms with Crippen LogP contribution in [-0.2, 0) is 9.53 Å². The van der Waals surface area contributed by atoms with Crippen molar-refractivity contribution in [3.8, 4) is 17.0 Å². The Balaban J connectivity index is 1.58. The van der Waals surface area contributed by atoms with Crippen molar-refractivity contribution < 1.29 is 23.9 Å². The minimum Gasteiger partial charge on any atom is -0.496 e. The minimum atomic E-state index is -0.527. The molecule has 3 aromatic rings. The van der Waals surface area contributed by atoms with Gasteiger partial charge < -0.3 is 24.7 Å². The molecule has 9 heteroatoms. The summed E-state index contributed by atoms with van der Waals surface area (Å²) in [7, 11) is 2.85. The van der Waals surface area contributed by atoms with Crippen LogP contribution in [0.2, 0.25) is 0 Å². The van der Waals surface area contributed by atoms with Gasteiger partial charge in [0.2, 0.25) is 5.91 Å². The summed E-state index contributed by atoms with van der Waals surface area (Å²) in [5.41, 5.74) is 2.72. The number of likely N-dealkylation sites (tertiary alicyclic amines) is 1. The second-order valence-electron chi connectivity index (χ2n) is 8.31. The van der Waals surface area contributed by atoms with Gasteiger partial charge >= 0.3 is 5.97 Å². The lowest BCUT2D eigenvalue weighted by atomic mass is 10.0. The topological polar surface area (TPSA) is 114 Å². The van der Waals surface area contributed by atoms with Crippen LogP contribution < -0.4 is 10.1 Å². The highest BCUT2D eigenvalue weighted by molar-refractivity contribution is 6.10. The Labute approximate surface area is 190 Å². The molecule has 1 aliphatic carbocycles. The molecule has 0 unspecified atom stereocenters. The molecular formula is C24H24N4O5. The predicted molar refractivity (Wildman–Crippen MR) is 121 cm³/mol. The first kappa shape index (κ1) is 21.0. The molecule has 0 atom stereocenters. The summed E-state index contributed by atoms with van der Waals surface area (Å²) in [6, 6.07) is 7.09.